The van der Waals surface area contributed by atoms with E-state index in [1.807, 2.05) is 20.8 Å². The Morgan fingerprint density at radius 1 is 1.03 bits per heavy atom. The average Bonchev–Trinajstić information content (AvgIpc) is 2.73. The lowest BCUT2D eigenvalue weighted by Crippen LogP contribution is -2.17. The number of carbonyl (C=O) groups excluding carboxylic acids is 1. The second-order valence-corrected chi connectivity index (χ2v) is 6.52. The summed E-state index contributed by atoms with van der Waals surface area (Å²) in [7, 11) is 1.52. The lowest BCUT2D eigenvalue weighted by Gasteiger charge is -2.12. The second-order valence-electron chi connectivity index (χ2n) is 6.11. The highest BCUT2D eigenvalue weighted by molar-refractivity contribution is 6.32. The van der Waals surface area contributed by atoms with E-state index in [1.54, 1.807) is 30.3 Å². The lowest BCUT2D eigenvalue weighted by atomic mass is 10.2. The Balaban J connectivity index is 2.13. The van der Waals surface area contributed by atoms with Crippen LogP contribution < -0.4 is 24.4 Å². The highest BCUT2D eigenvalue weighted by Crippen LogP contribution is 2.36. The first-order chi connectivity index (χ1) is 14.5. The number of nitrogens with one attached hydrogen (secondary N) is 1. The molecule has 0 unspecified atom stereocenters. The van der Waals surface area contributed by atoms with Crippen LogP contribution in [-0.2, 0) is 0 Å². The van der Waals surface area contributed by atoms with E-state index in [2.05, 4.69) is 10.5 Å². The standard InChI is InChI=1S/C22H27ClN2O5/c1-5-10-30-18-9-8-16(13-19(18)28-6-2)22(26)25-24-14-15-11-17(23)21(27-4)20(12-15)29-7-3/h8-9,11-14H,5-7,10H2,1-4H3,(H,25,26)/b24-14+. The number of halogens is 1. The minimum atomic E-state index is -0.376. The molecule has 0 spiro atoms. The van der Waals surface area contributed by atoms with E-state index in [0.29, 0.717) is 59.0 Å². The number of amides is 1. The number of methoxy groups -OCH3 is 1. The molecule has 0 aliphatic heterocycles. The Bertz CT molecular complexity index is 886. The van der Waals surface area contributed by atoms with Crippen LogP contribution in [0, 0.1) is 0 Å². The Morgan fingerprint density at radius 3 is 2.43 bits per heavy atom. The zero-order valence-corrected chi connectivity index (χ0v) is 18.4. The van der Waals surface area contributed by atoms with Crippen molar-refractivity contribution in [3.05, 3.63) is 46.5 Å². The fraction of sp³-hybridized carbons (Fsp3) is 0.364. The molecule has 0 radical (unpaired) electrons. The number of ether oxygens (including phenoxy) is 4. The summed E-state index contributed by atoms with van der Waals surface area (Å²) in [6.45, 7) is 7.26. The van der Waals surface area contributed by atoms with E-state index in [0.717, 1.165) is 6.42 Å². The topological polar surface area (TPSA) is 78.4 Å². The van der Waals surface area contributed by atoms with Gasteiger partial charge in [0.05, 0.1) is 38.2 Å². The molecule has 0 aliphatic rings. The molecule has 2 aromatic carbocycles. The van der Waals surface area contributed by atoms with Crippen molar-refractivity contribution in [2.75, 3.05) is 26.9 Å². The van der Waals surface area contributed by atoms with Gasteiger partial charge in [-0.05, 0) is 56.2 Å². The molecule has 0 bridgehead atoms. The summed E-state index contributed by atoms with van der Waals surface area (Å²) in [5.74, 6) is 1.71. The first-order valence-corrected chi connectivity index (χ1v) is 10.1. The van der Waals surface area contributed by atoms with Crippen LogP contribution >= 0.6 is 11.6 Å². The monoisotopic (exact) mass is 434 g/mol. The molecule has 8 heteroatoms. The number of nitrogens with zero attached hydrogens (tertiary/aromatic N) is 1. The molecule has 162 valence electrons. The first-order valence-electron chi connectivity index (χ1n) is 9.77. The number of carbonyl (C=O) groups is 1. The maximum atomic E-state index is 12.5. The number of benzene rings is 2. The molecule has 7 nitrogen and oxygen atoms in total. The molecule has 2 rings (SSSR count). The van der Waals surface area contributed by atoms with Gasteiger partial charge in [-0.15, -0.1) is 0 Å². The Hall–Kier alpha value is -2.93. The van der Waals surface area contributed by atoms with Crippen LogP contribution in [0.5, 0.6) is 23.0 Å². The maximum absolute atomic E-state index is 12.5. The van der Waals surface area contributed by atoms with E-state index in [9.17, 15) is 4.79 Å². The van der Waals surface area contributed by atoms with Gasteiger partial charge >= 0.3 is 0 Å². The summed E-state index contributed by atoms with van der Waals surface area (Å²) in [5, 5.41) is 4.40. The van der Waals surface area contributed by atoms with Crippen LogP contribution in [0.4, 0.5) is 0 Å². The SMILES string of the molecule is CCCOc1ccc(C(=O)N/N=C/c2cc(Cl)c(OC)c(OCC)c2)cc1OCC. The first kappa shape index (κ1) is 23.3. The van der Waals surface area contributed by atoms with Crippen LogP contribution in [0.3, 0.4) is 0 Å². The average molecular weight is 435 g/mol. The van der Waals surface area contributed by atoms with Gasteiger partial charge in [0.15, 0.2) is 23.0 Å². The molecule has 0 aromatic heterocycles. The van der Waals surface area contributed by atoms with Gasteiger partial charge in [0.25, 0.3) is 5.91 Å². The molecule has 0 aliphatic carbocycles. The lowest BCUT2D eigenvalue weighted by molar-refractivity contribution is 0.0954. The van der Waals surface area contributed by atoms with Gasteiger partial charge < -0.3 is 18.9 Å². The molecular formula is C22H27ClN2O5. The van der Waals surface area contributed by atoms with E-state index in [1.165, 1.54) is 13.3 Å². The quantitative estimate of drug-likeness (QED) is 0.409. The van der Waals surface area contributed by atoms with Crippen LogP contribution in [-0.4, -0.2) is 39.1 Å². The van der Waals surface area contributed by atoms with Gasteiger partial charge in [-0.1, -0.05) is 18.5 Å². The summed E-state index contributed by atoms with van der Waals surface area (Å²) in [5.41, 5.74) is 3.56. The normalized spacial score (nSPS) is 10.7. The van der Waals surface area contributed by atoms with Crippen molar-refractivity contribution in [3.8, 4) is 23.0 Å². The van der Waals surface area contributed by atoms with Crippen molar-refractivity contribution in [2.24, 2.45) is 5.10 Å². The molecular weight excluding hydrogens is 408 g/mol. The smallest absolute Gasteiger partial charge is 0.271 e. The van der Waals surface area contributed by atoms with Crippen LogP contribution in [0.25, 0.3) is 0 Å². The number of hydrazone groups is 1. The zero-order chi connectivity index (χ0) is 21.9. The minimum absolute atomic E-state index is 0.376. The van der Waals surface area contributed by atoms with Crippen LogP contribution in [0.2, 0.25) is 5.02 Å². The molecule has 2 aromatic rings. The van der Waals surface area contributed by atoms with Crippen LogP contribution in [0.1, 0.15) is 43.1 Å². The molecule has 0 heterocycles. The van der Waals surface area contributed by atoms with Crippen LogP contribution in [0.15, 0.2) is 35.4 Å². The Morgan fingerprint density at radius 2 is 1.77 bits per heavy atom. The fourth-order valence-corrected chi connectivity index (χ4v) is 2.90. The van der Waals surface area contributed by atoms with Gasteiger partial charge in [0.2, 0.25) is 0 Å². The number of hydrogen-bond donors (Lipinski definition) is 1. The fourth-order valence-electron chi connectivity index (χ4n) is 2.60. The number of rotatable bonds is 11. The van der Waals surface area contributed by atoms with Gasteiger partial charge in [0, 0.05) is 5.56 Å². The largest absolute Gasteiger partial charge is 0.491 e. The van der Waals surface area contributed by atoms with Gasteiger partial charge in [-0.3, -0.25) is 4.79 Å². The summed E-state index contributed by atoms with van der Waals surface area (Å²) >= 11 is 6.23. The highest BCUT2D eigenvalue weighted by Gasteiger charge is 2.12. The molecule has 1 N–H and O–H groups in total. The summed E-state index contributed by atoms with van der Waals surface area (Å²) in [4.78, 5) is 12.5. The van der Waals surface area contributed by atoms with Gasteiger partial charge in [-0.25, -0.2) is 5.43 Å². The van der Waals surface area contributed by atoms with Crippen molar-refractivity contribution >= 4 is 23.7 Å². The van der Waals surface area contributed by atoms with Crippen molar-refractivity contribution < 1.29 is 23.7 Å². The molecule has 0 saturated heterocycles. The van der Waals surface area contributed by atoms with Crippen molar-refractivity contribution in [1.82, 2.24) is 5.43 Å². The Kier molecular flexibility index (Phi) is 9.28. The summed E-state index contributed by atoms with van der Waals surface area (Å²) in [6, 6.07) is 8.42. The van der Waals surface area contributed by atoms with Crippen molar-refractivity contribution in [3.63, 3.8) is 0 Å². The maximum Gasteiger partial charge on any atom is 0.271 e. The summed E-state index contributed by atoms with van der Waals surface area (Å²) in [6.07, 6.45) is 2.36. The molecule has 0 saturated carbocycles. The minimum Gasteiger partial charge on any atom is -0.491 e. The Labute approximate surface area is 181 Å². The zero-order valence-electron chi connectivity index (χ0n) is 17.7. The van der Waals surface area contributed by atoms with E-state index in [4.69, 9.17) is 30.5 Å². The molecule has 0 atom stereocenters. The second kappa shape index (κ2) is 11.9. The van der Waals surface area contributed by atoms with Gasteiger partial charge in [-0.2, -0.15) is 5.10 Å². The third kappa shape index (κ3) is 6.29. The molecule has 0 fully saturated rings. The molecule has 30 heavy (non-hydrogen) atoms. The summed E-state index contributed by atoms with van der Waals surface area (Å²) < 4.78 is 22.0. The predicted molar refractivity (Wildman–Crippen MR) is 118 cm³/mol. The third-order valence-corrected chi connectivity index (χ3v) is 4.16. The van der Waals surface area contributed by atoms with E-state index < -0.39 is 0 Å². The predicted octanol–water partition coefficient (Wildman–Crippen LogP) is 4.70. The third-order valence-electron chi connectivity index (χ3n) is 3.88. The van der Waals surface area contributed by atoms with Crippen molar-refractivity contribution in [2.45, 2.75) is 27.2 Å². The van der Waals surface area contributed by atoms with E-state index >= 15 is 0 Å². The highest BCUT2D eigenvalue weighted by atomic mass is 35.5. The number of hydrogen-bond acceptors (Lipinski definition) is 6. The molecule has 1 amide bonds. The van der Waals surface area contributed by atoms with Crippen molar-refractivity contribution in [1.29, 1.82) is 0 Å². The van der Waals surface area contributed by atoms with E-state index in [-0.39, 0.29) is 5.91 Å². The van der Waals surface area contributed by atoms with Gasteiger partial charge in [0.1, 0.15) is 0 Å².